The number of halogens is 1. The number of carbonyl (C=O) groups excluding carboxylic acids is 1. The number of likely N-dealkylation sites (N-methyl/N-ethyl adjacent to an activating group) is 1. The molecule has 27 heavy (non-hydrogen) atoms. The quantitative estimate of drug-likeness (QED) is 0.790. The first-order valence-corrected chi connectivity index (χ1v) is 10.5. The Kier molecular flexibility index (Phi) is 7.14. The molecule has 1 atom stereocenters. The summed E-state index contributed by atoms with van der Waals surface area (Å²) in [6.45, 7) is 8.76. The van der Waals surface area contributed by atoms with E-state index in [4.69, 9.17) is 11.6 Å². The van der Waals surface area contributed by atoms with E-state index in [1.54, 1.807) is 10.8 Å². The average Bonchev–Trinajstić information content (AvgIpc) is 3.03. The number of hydrogen-bond acceptors (Lipinski definition) is 5. The van der Waals surface area contributed by atoms with Crippen LogP contribution in [0.4, 0.5) is 0 Å². The van der Waals surface area contributed by atoms with Gasteiger partial charge in [-0.05, 0) is 26.3 Å². The number of amides is 1. The number of hydrogen-bond donors (Lipinski definition) is 1. The molecule has 8 heteroatoms. The zero-order valence-electron chi connectivity index (χ0n) is 16.5. The first kappa shape index (κ1) is 20.6. The zero-order chi connectivity index (χ0) is 19.4. The zero-order valence-corrected chi connectivity index (χ0v) is 17.2. The summed E-state index contributed by atoms with van der Waals surface area (Å²) < 4.78 is 1.79. The number of piperidine rings is 1. The Hall–Kier alpha value is -1.15. The molecule has 0 bridgehead atoms. The number of rotatable bonds is 6. The maximum Gasteiger partial charge on any atom is 0.225 e. The molecule has 7 nitrogen and oxygen atoms in total. The van der Waals surface area contributed by atoms with Gasteiger partial charge in [-0.15, -0.1) is 0 Å². The number of piperazine rings is 1. The summed E-state index contributed by atoms with van der Waals surface area (Å²) in [5, 5.41) is 11.0. The second-order valence-electron chi connectivity index (χ2n) is 7.76. The number of likely N-dealkylation sites (tertiary alicyclic amines) is 1. The van der Waals surface area contributed by atoms with E-state index in [2.05, 4.69) is 21.8 Å². The van der Waals surface area contributed by atoms with Crippen molar-refractivity contribution >= 4 is 17.5 Å². The van der Waals surface area contributed by atoms with Crippen molar-refractivity contribution in [2.24, 2.45) is 0 Å². The van der Waals surface area contributed by atoms with Crippen molar-refractivity contribution in [1.82, 2.24) is 24.3 Å². The van der Waals surface area contributed by atoms with Crippen LogP contribution in [-0.4, -0.2) is 87.6 Å². The molecule has 0 radical (unpaired) electrons. The Morgan fingerprint density at radius 3 is 2.56 bits per heavy atom. The van der Waals surface area contributed by atoms with Gasteiger partial charge in [0.05, 0.1) is 12.6 Å². The molecular weight excluding hydrogens is 366 g/mol. The molecule has 0 spiro atoms. The highest BCUT2D eigenvalue weighted by atomic mass is 35.5. The second-order valence-corrected chi connectivity index (χ2v) is 8.15. The third-order valence-electron chi connectivity index (χ3n) is 5.82. The predicted molar refractivity (Wildman–Crippen MR) is 106 cm³/mol. The second kappa shape index (κ2) is 9.37. The molecule has 3 rings (SSSR count). The molecular formula is C19H32ClN5O2. The van der Waals surface area contributed by atoms with Crippen LogP contribution in [0.25, 0.3) is 0 Å². The molecule has 0 saturated carbocycles. The standard InChI is InChI=1S/C19H32ClN5O2/c1-3-6-25-17(20)14-21-19(25)16(26)13-18(27)24-7-4-15(5-8-24)23-11-9-22(2)10-12-23/h14-16,26H,3-13H2,1-2H3. The largest absolute Gasteiger partial charge is 0.385 e. The van der Waals surface area contributed by atoms with Gasteiger partial charge in [-0.2, -0.15) is 0 Å². The third-order valence-corrected chi connectivity index (χ3v) is 6.12. The molecule has 3 heterocycles. The van der Waals surface area contributed by atoms with Gasteiger partial charge in [0.2, 0.25) is 5.91 Å². The van der Waals surface area contributed by atoms with Crippen molar-refractivity contribution in [2.45, 2.75) is 51.3 Å². The molecule has 2 saturated heterocycles. The van der Waals surface area contributed by atoms with Crippen LogP contribution in [0.1, 0.15) is 44.5 Å². The monoisotopic (exact) mass is 397 g/mol. The maximum absolute atomic E-state index is 12.7. The summed E-state index contributed by atoms with van der Waals surface area (Å²) in [6.07, 6.45) is 3.62. The molecule has 2 aliphatic heterocycles. The fourth-order valence-electron chi connectivity index (χ4n) is 4.13. The van der Waals surface area contributed by atoms with E-state index in [1.165, 1.54) is 0 Å². The van der Waals surface area contributed by atoms with E-state index in [0.717, 1.165) is 58.5 Å². The first-order chi connectivity index (χ1) is 13.0. The van der Waals surface area contributed by atoms with Crippen molar-refractivity contribution in [1.29, 1.82) is 0 Å². The van der Waals surface area contributed by atoms with Gasteiger partial charge in [0.15, 0.2) is 0 Å². The normalized spacial score (nSPS) is 21.6. The third kappa shape index (κ3) is 5.02. The van der Waals surface area contributed by atoms with Gasteiger partial charge < -0.3 is 19.5 Å². The van der Waals surface area contributed by atoms with Crippen molar-refractivity contribution in [3.63, 3.8) is 0 Å². The molecule has 2 fully saturated rings. The number of aliphatic hydroxyl groups excluding tert-OH is 1. The molecule has 0 aliphatic carbocycles. The molecule has 1 N–H and O–H groups in total. The van der Waals surface area contributed by atoms with Crippen molar-refractivity contribution in [3.05, 3.63) is 17.2 Å². The first-order valence-electron chi connectivity index (χ1n) is 10.1. The minimum Gasteiger partial charge on any atom is -0.385 e. The molecule has 0 aromatic carbocycles. The van der Waals surface area contributed by atoms with Gasteiger partial charge in [-0.1, -0.05) is 18.5 Å². The Balaban J connectivity index is 1.49. The Morgan fingerprint density at radius 1 is 1.26 bits per heavy atom. The number of aliphatic hydroxyl groups is 1. The van der Waals surface area contributed by atoms with E-state index >= 15 is 0 Å². The molecule has 2 aliphatic rings. The van der Waals surface area contributed by atoms with Gasteiger partial charge in [0.1, 0.15) is 17.1 Å². The van der Waals surface area contributed by atoms with Crippen LogP contribution in [0.2, 0.25) is 5.15 Å². The Bertz CT molecular complexity index is 622. The predicted octanol–water partition coefficient (Wildman–Crippen LogP) is 1.61. The smallest absolute Gasteiger partial charge is 0.225 e. The van der Waals surface area contributed by atoms with E-state index in [1.807, 2.05) is 11.8 Å². The lowest BCUT2D eigenvalue weighted by molar-refractivity contribution is -0.135. The van der Waals surface area contributed by atoms with E-state index in [9.17, 15) is 9.90 Å². The minimum absolute atomic E-state index is 0.00139. The molecule has 1 aromatic rings. The fourth-order valence-corrected chi connectivity index (χ4v) is 4.35. The van der Waals surface area contributed by atoms with Crippen LogP contribution in [0.3, 0.4) is 0 Å². The molecule has 152 valence electrons. The summed E-state index contributed by atoms with van der Waals surface area (Å²) in [5.74, 6) is 0.490. The van der Waals surface area contributed by atoms with Crippen molar-refractivity contribution < 1.29 is 9.90 Å². The molecule has 1 unspecified atom stereocenters. The highest BCUT2D eigenvalue weighted by Crippen LogP contribution is 2.24. The lowest BCUT2D eigenvalue weighted by Gasteiger charge is -2.42. The highest BCUT2D eigenvalue weighted by molar-refractivity contribution is 6.29. The summed E-state index contributed by atoms with van der Waals surface area (Å²) in [7, 11) is 2.17. The fraction of sp³-hybridized carbons (Fsp3) is 0.789. The number of aromatic nitrogens is 2. The van der Waals surface area contributed by atoms with Crippen LogP contribution in [-0.2, 0) is 11.3 Å². The summed E-state index contributed by atoms with van der Waals surface area (Å²) >= 11 is 6.14. The van der Waals surface area contributed by atoms with Crippen LogP contribution in [0, 0.1) is 0 Å². The van der Waals surface area contributed by atoms with Gasteiger partial charge in [0, 0.05) is 51.9 Å². The number of imidazole rings is 1. The topological polar surface area (TPSA) is 64.8 Å². The van der Waals surface area contributed by atoms with Gasteiger partial charge in [-0.3, -0.25) is 9.69 Å². The number of nitrogens with zero attached hydrogens (tertiary/aromatic N) is 5. The minimum atomic E-state index is -0.910. The molecule has 1 amide bonds. The lowest BCUT2D eigenvalue weighted by Crippen LogP contribution is -2.53. The van der Waals surface area contributed by atoms with Gasteiger partial charge in [-0.25, -0.2) is 4.98 Å². The van der Waals surface area contributed by atoms with Crippen LogP contribution >= 0.6 is 11.6 Å². The Morgan fingerprint density at radius 2 is 1.93 bits per heavy atom. The SMILES string of the molecule is CCCn1c(Cl)cnc1C(O)CC(=O)N1CCC(N2CCN(C)CC2)CC1. The van der Waals surface area contributed by atoms with E-state index in [0.29, 0.717) is 23.6 Å². The van der Waals surface area contributed by atoms with Crippen molar-refractivity contribution in [3.8, 4) is 0 Å². The number of carbonyl (C=O) groups is 1. The van der Waals surface area contributed by atoms with E-state index < -0.39 is 6.10 Å². The van der Waals surface area contributed by atoms with Crippen molar-refractivity contribution in [2.75, 3.05) is 46.3 Å². The van der Waals surface area contributed by atoms with Gasteiger partial charge in [0.25, 0.3) is 0 Å². The lowest BCUT2D eigenvalue weighted by atomic mass is 10.0. The van der Waals surface area contributed by atoms with E-state index in [-0.39, 0.29) is 12.3 Å². The maximum atomic E-state index is 12.7. The highest BCUT2D eigenvalue weighted by Gasteiger charge is 2.30. The summed E-state index contributed by atoms with van der Waals surface area (Å²) in [6, 6.07) is 0.579. The van der Waals surface area contributed by atoms with Crippen LogP contribution < -0.4 is 0 Å². The van der Waals surface area contributed by atoms with Crippen LogP contribution in [0.15, 0.2) is 6.20 Å². The average molecular weight is 398 g/mol. The Labute approximate surface area is 166 Å². The summed E-state index contributed by atoms with van der Waals surface area (Å²) in [5.41, 5.74) is 0. The summed E-state index contributed by atoms with van der Waals surface area (Å²) in [4.78, 5) is 23.7. The van der Waals surface area contributed by atoms with Gasteiger partial charge >= 0.3 is 0 Å². The molecule has 1 aromatic heterocycles. The van der Waals surface area contributed by atoms with Crippen LogP contribution in [0.5, 0.6) is 0 Å².